The van der Waals surface area contributed by atoms with Crippen LogP contribution in [0.25, 0.3) is 0 Å². The lowest BCUT2D eigenvalue weighted by Crippen LogP contribution is -2.07. The molecule has 0 spiro atoms. The van der Waals surface area contributed by atoms with Crippen LogP contribution < -0.4 is 10.2 Å². The third-order valence-corrected chi connectivity index (χ3v) is 4.80. The maximum absolute atomic E-state index is 11.5. The topological polar surface area (TPSA) is 72.8 Å². The first-order chi connectivity index (χ1) is 14.2. The molecule has 0 aliphatic heterocycles. The number of nitrogens with one attached hydrogen (secondary N) is 1. The molecule has 6 nitrogen and oxygen atoms in total. The minimum Gasteiger partial charge on any atom is -0.466 e. The number of carbonyl (C=O) groups excluding carboxylic acids is 1. The molecule has 0 amide bonds. The summed E-state index contributed by atoms with van der Waals surface area (Å²) in [7, 11) is 0. The molecule has 0 aliphatic carbocycles. The maximum atomic E-state index is 11.5. The Bertz CT molecular complexity index is 950. The fourth-order valence-corrected chi connectivity index (χ4v) is 3.17. The Kier molecular flexibility index (Phi) is 7.35. The molecule has 0 saturated carbocycles. The Labute approximate surface area is 174 Å². The molecule has 0 aliphatic rings. The van der Waals surface area contributed by atoms with Gasteiger partial charge < -0.3 is 9.47 Å². The molecule has 29 heavy (non-hydrogen) atoms. The largest absolute Gasteiger partial charge is 0.466 e. The summed E-state index contributed by atoms with van der Waals surface area (Å²) >= 11 is 1.39. The Morgan fingerprint density at radius 3 is 2.45 bits per heavy atom. The molecule has 1 heterocycles. The summed E-state index contributed by atoms with van der Waals surface area (Å²) in [5.41, 5.74) is 5.75. The first-order valence-corrected chi connectivity index (χ1v) is 10.3. The van der Waals surface area contributed by atoms with Gasteiger partial charge in [-0.25, -0.2) is 4.98 Å². The van der Waals surface area contributed by atoms with E-state index in [1.165, 1.54) is 16.9 Å². The van der Waals surface area contributed by atoms with Crippen LogP contribution in [0.1, 0.15) is 30.7 Å². The average molecular weight is 410 g/mol. The second kappa shape index (κ2) is 10.4. The van der Waals surface area contributed by atoms with Crippen molar-refractivity contribution in [3.63, 3.8) is 0 Å². The second-order valence-corrected chi connectivity index (χ2v) is 7.02. The highest BCUT2D eigenvalue weighted by molar-refractivity contribution is 7.13. The molecule has 0 atom stereocenters. The number of carbonyl (C=O) groups is 1. The van der Waals surface area contributed by atoms with Crippen LogP contribution in [0.4, 0.5) is 5.13 Å². The van der Waals surface area contributed by atoms with Crippen LogP contribution in [0.5, 0.6) is 11.5 Å². The van der Waals surface area contributed by atoms with Gasteiger partial charge in [0.1, 0.15) is 11.5 Å². The molecule has 3 rings (SSSR count). The fraction of sp³-hybridized carbons (Fsp3) is 0.227. The normalized spacial score (nSPS) is 10.8. The molecule has 0 bridgehead atoms. The van der Waals surface area contributed by atoms with E-state index in [1.807, 2.05) is 41.8 Å². The van der Waals surface area contributed by atoms with Crippen molar-refractivity contribution in [3.8, 4) is 11.5 Å². The van der Waals surface area contributed by atoms with Crippen LogP contribution in [0.2, 0.25) is 0 Å². The summed E-state index contributed by atoms with van der Waals surface area (Å²) in [6.07, 6.45) is 2.88. The molecule has 1 N–H and O–H groups in total. The standard InChI is InChI=1S/C22H23N3O3S/c1-3-16-5-9-19(10-6-16)28-20-11-7-17(8-12-20)14-23-25-22-24-18(15-29-22)13-21(26)27-4-2/h5-12,14-15H,3-4,13H2,1-2H3,(H,24,25). The van der Waals surface area contributed by atoms with Gasteiger partial charge in [0.15, 0.2) is 0 Å². The van der Waals surface area contributed by atoms with Crippen molar-refractivity contribution >= 4 is 28.7 Å². The summed E-state index contributed by atoms with van der Waals surface area (Å²) < 4.78 is 10.8. The SMILES string of the molecule is CCOC(=O)Cc1csc(NN=Cc2ccc(Oc3ccc(CC)cc3)cc2)n1. The summed E-state index contributed by atoms with van der Waals surface area (Å²) in [4.78, 5) is 15.8. The van der Waals surface area contributed by atoms with Gasteiger partial charge in [0.2, 0.25) is 5.13 Å². The van der Waals surface area contributed by atoms with E-state index >= 15 is 0 Å². The number of hydrogen-bond acceptors (Lipinski definition) is 7. The maximum Gasteiger partial charge on any atom is 0.311 e. The lowest BCUT2D eigenvalue weighted by Gasteiger charge is -2.06. The summed E-state index contributed by atoms with van der Waals surface area (Å²) in [6, 6.07) is 15.7. The van der Waals surface area contributed by atoms with Gasteiger partial charge in [0.05, 0.1) is 24.9 Å². The van der Waals surface area contributed by atoms with Gasteiger partial charge in [-0.2, -0.15) is 5.10 Å². The predicted molar refractivity (Wildman–Crippen MR) is 116 cm³/mol. The van der Waals surface area contributed by atoms with Gasteiger partial charge in [-0.05, 0) is 60.9 Å². The number of hydrogen-bond donors (Lipinski definition) is 1. The van der Waals surface area contributed by atoms with Crippen molar-refractivity contribution in [3.05, 3.63) is 70.7 Å². The summed E-state index contributed by atoms with van der Waals surface area (Å²) in [6.45, 7) is 4.28. The number of nitrogens with zero attached hydrogens (tertiary/aromatic N) is 2. The monoisotopic (exact) mass is 409 g/mol. The van der Waals surface area contributed by atoms with Crippen molar-refractivity contribution in [1.82, 2.24) is 4.98 Å². The highest BCUT2D eigenvalue weighted by atomic mass is 32.1. The predicted octanol–water partition coefficient (Wildman–Crippen LogP) is 5.05. The Hall–Kier alpha value is -3.19. The molecule has 0 fully saturated rings. The Balaban J connectivity index is 1.51. The fourth-order valence-electron chi connectivity index (χ4n) is 2.51. The third kappa shape index (κ3) is 6.43. The smallest absolute Gasteiger partial charge is 0.311 e. The second-order valence-electron chi connectivity index (χ2n) is 6.16. The number of aryl methyl sites for hydroxylation is 1. The minimum absolute atomic E-state index is 0.165. The highest BCUT2D eigenvalue weighted by Gasteiger charge is 2.07. The molecule has 1 aromatic heterocycles. The number of anilines is 1. The van der Waals surface area contributed by atoms with E-state index in [4.69, 9.17) is 9.47 Å². The lowest BCUT2D eigenvalue weighted by molar-refractivity contribution is -0.142. The van der Waals surface area contributed by atoms with E-state index < -0.39 is 0 Å². The van der Waals surface area contributed by atoms with E-state index in [-0.39, 0.29) is 12.4 Å². The molecule has 2 aromatic carbocycles. The van der Waals surface area contributed by atoms with Gasteiger partial charge in [0.25, 0.3) is 0 Å². The van der Waals surface area contributed by atoms with Gasteiger partial charge in [0, 0.05) is 5.38 Å². The van der Waals surface area contributed by atoms with Crippen LogP contribution >= 0.6 is 11.3 Å². The zero-order chi connectivity index (χ0) is 20.5. The summed E-state index contributed by atoms with van der Waals surface area (Å²) in [5, 5.41) is 6.62. The van der Waals surface area contributed by atoms with Gasteiger partial charge >= 0.3 is 5.97 Å². The van der Waals surface area contributed by atoms with Crippen molar-refractivity contribution in [2.75, 3.05) is 12.0 Å². The molecular weight excluding hydrogens is 386 g/mol. The molecular formula is C22H23N3O3S. The van der Waals surface area contributed by atoms with Crippen LogP contribution in [0.15, 0.2) is 59.0 Å². The van der Waals surface area contributed by atoms with Crippen LogP contribution in [-0.2, 0) is 22.4 Å². The van der Waals surface area contributed by atoms with E-state index in [0.29, 0.717) is 17.4 Å². The number of hydrazone groups is 1. The van der Waals surface area contributed by atoms with Crippen LogP contribution in [-0.4, -0.2) is 23.8 Å². The number of ether oxygens (including phenoxy) is 2. The minimum atomic E-state index is -0.281. The number of benzene rings is 2. The van der Waals surface area contributed by atoms with Crippen molar-refractivity contribution in [2.45, 2.75) is 26.7 Å². The van der Waals surface area contributed by atoms with Gasteiger partial charge in [-0.3, -0.25) is 10.2 Å². The summed E-state index contributed by atoms with van der Waals surface area (Å²) in [5.74, 6) is 1.30. The van der Waals surface area contributed by atoms with Crippen molar-refractivity contribution in [1.29, 1.82) is 0 Å². The molecule has 3 aromatic rings. The van der Waals surface area contributed by atoms with Crippen molar-refractivity contribution < 1.29 is 14.3 Å². The van der Waals surface area contributed by atoms with Crippen molar-refractivity contribution in [2.24, 2.45) is 5.10 Å². The first kappa shape index (κ1) is 20.5. The van der Waals surface area contributed by atoms with Gasteiger partial charge in [-0.15, -0.1) is 11.3 Å². The van der Waals surface area contributed by atoms with Crippen LogP contribution in [0.3, 0.4) is 0 Å². The molecule has 0 unspecified atom stereocenters. The quantitative estimate of drug-likeness (QED) is 0.304. The Morgan fingerprint density at radius 1 is 1.10 bits per heavy atom. The Morgan fingerprint density at radius 2 is 1.79 bits per heavy atom. The van der Waals surface area contributed by atoms with E-state index in [1.54, 1.807) is 13.1 Å². The van der Waals surface area contributed by atoms with E-state index in [9.17, 15) is 4.79 Å². The highest BCUT2D eigenvalue weighted by Crippen LogP contribution is 2.22. The number of rotatable bonds is 9. The average Bonchev–Trinajstić information content (AvgIpc) is 3.17. The van der Waals surface area contributed by atoms with E-state index in [0.717, 1.165) is 23.5 Å². The van der Waals surface area contributed by atoms with Gasteiger partial charge in [-0.1, -0.05) is 19.1 Å². The zero-order valence-electron chi connectivity index (χ0n) is 16.4. The number of esters is 1. The number of aromatic nitrogens is 1. The van der Waals surface area contributed by atoms with Crippen LogP contribution in [0, 0.1) is 0 Å². The molecule has 7 heteroatoms. The molecule has 0 saturated heterocycles. The lowest BCUT2D eigenvalue weighted by atomic mass is 10.2. The molecule has 150 valence electrons. The number of thiazole rings is 1. The third-order valence-electron chi connectivity index (χ3n) is 4.00. The molecule has 0 radical (unpaired) electrons. The first-order valence-electron chi connectivity index (χ1n) is 9.42. The zero-order valence-corrected chi connectivity index (χ0v) is 17.2. The van der Waals surface area contributed by atoms with E-state index in [2.05, 4.69) is 34.6 Å².